The van der Waals surface area contributed by atoms with Crippen molar-refractivity contribution in [2.24, 2.45) is 0 Å². The van der Waals surface area contributed by atoms with E-state index in [1.54, 1.807) is 13.0 Å². The smallest absolute Gasteiger partial charge is 0.274 e. The van der Waals surface area contributed by atoms with E-state index in [2.05, 4.69) is 37.4 Å². The van der Waals surface area contributed by atoms with Gasteiger partial charge in [0.25, 0.3) is 5.69 Å². The Balaban J connectivity index is 2.21. The number of hydrogen-bond acceptors (Lipinski definition) is 3. The Morgan fingerprint density at radius 2 is 1.90 bits per heavy atom. The van der Waals surface area contributed by atoms with Crippen LogP contribution in [0.5, 0.6) is 0 Å². The predicted octanol–water partition coefficient (Wildman–Crippen LogP) is 4.13. The average molecular weight is 270 g/mol. The number of hydrogen-bond donors (Lipinski definition) is 1. The van der Waals surface area contributed by atoms with Gasteiger partial charge < -0.3 is 5.32 Å². The fraction of sp³-hybridized carbons (Fsp3) is 0.250. The van der Waals surface area contributed by atoms with Crippen LogP contribution in [0.15, 0.2) is 36.4 Å². The Kier molecular flexibility index (Phi) is 4.03. The SMILES string of the molecule is Cc1ccc(C)c(CNc2cccc([N+](=O)[O-])c2C)c1. The minimum absolute atomic E-state index is 0.149. The minimum atomic E-state index is -0.349. The summed E-state index contributed by atoms with van der Waals surface area (Å²) in [5.41, 5.74) is 5.25. The van der Waals surface area contributed by atoms with E-state index < -0.39 is 0 Å². The van der Waals surface area contributed by atoms with E-state index in [1.807, 2.05) is 6.07 Å². The zero-order valence-electron chi connectivity index (χ0n) is 11.9. The minimum Gasteiger partial charge on any atom is -0.381 e. The monoisotopic (exact) mass is 270 g/mol. The van der Waals surface area contributed by atoms with Crippen LogP contribution in [0.1, 0.15) is 22.3 Å². The molecule has 0 saturated heterocycles. The summed E-state index contributed by atoms with van der Waals surface area (Å²) in [6, 6.07) is 11.4. The molecular formula is C16H18N2O2. The molecule has 0 aromatic heterocycles. The summed E-state index contributed by atoms with van der Waals surface area (Å²) in [6.07, 6.45) is 0. The van der Waals surface area contributed by atoms with Gasteiger partial charge in [-0.2, -0.15) is 0 Å². The van der Waals surface area contributed by atoms with Gasteiger partial charge in [-0.1, -0.05) is 29.8 Å². The number of anilines is 1. The highest BCUT2D eigenvalue weighted by Crippen LogP contribution is 2.25. The van der Waals surface area contributed by atoms with Gasteiger partial charge in [0.1, 0.15) is 0 Å². The van der Waals surface area contributed by atoms with Crippen molar-refractivity contribution in [2.75, 3.05) is 5.32 Å². The van der Waals surface area contributed by atoms with E-state index in [0.29, 0.717) is 12.1 Å². The molecule has 0 fully saturated rings. The Hall–Kier alpha value is -2.36. The summed E-state index contributed by atoms with van der Waals surface area (Å²) < 4.78 is 0. The third-order valence-corrected chi connectivity index (χ3v) is 3.48. The van der Waals surface area contributed by atoms with E-state index in [9.17, 15) is 10.1 Å². The lowest BCUT2D eigenvalue weighted by Crippen LogP contribution is -2.04. The van der Waals surface area contributed by atoms with Crippen LogP contribution in [0.2, 0.25) is 0 Å². The van der Waals surface area contributed by atoms with Crippen LogP contribution < -0.4 is 5.32 Å². The summed E-state index contributed by atoms with van der Waals surface area (Å²) in [4.78, 5) is 10.6. The second kappa shape index (κ2) is 5.74. The maximum Gasteiger partial charge on any atom is 0.274 e. The number of aryl methyl sites for hydroxylation is 2. The van der Waals surface area contributed by atoms with Gasteiger partial charge in [-0.3, -0.25) is 10.1 Å². The lowest BCUT2D eigenvalue weighted by molar-refractivity contribution is -0.385. The second-order valence-corrected chi connectivity index (χ2v) is 4.99. The molecule has 1 N–H and O–H groups in total. The molecule has 0 heterocycles. The third kappa shape index (κ3) is 2.96. The number of nitrogens with zero attached hydrogens (tertiary/aromatic N) is 1. The van der Waals surface area contributed by atoms with Gasteiger partial charge in [-0.25, -0.2) is 0 Å². The summed E-state index contributed by atoms with van der Waals surface area (Å²) >= 11 is 0. The van der Waals surface area contributed by atoms with Gasteiger partial charge in [0, 0.05) is 23.9 Å². The van der Waals surface area contributed by atoms with Crippen molar-refractivity contribution in [2.45, 2.75) is 27.3 Å². The third-order valence-electron chi connectivity index (χ3n) is 3.48. The highest BCUT2D eigenvalue weighted by atomic mass is 16.6. The van der Waals surface area contributed by atoms with E-state index in [-0.39, 0.29) is 10.6 Å². The molecule has 0 aliphatic heterocycles. The fourth-order valence-corrected chi connectivity index (χ4v) is 2.19. The van der Waals surface area contributed by atoms with Gasteiger partial charge in [0.05, 0.1) is 4.92 Å². The molecule has 2 aromatic rings. The maximum atomic E-state index is 10.9. The molecule has 0 atom stereocenters. The summed E-state index contributed by atoms with van der Waals surface area (Å²) in [7, 11) is 0. The van der Waals surface area contributed by atoms with Crippen LogP contribution in [0.3, 0.4) is 0 Å². The topological polar surface area (TPSA) is 55.2 Å². The van der Waals surface area contributed by atoms with Crippen LogP contribution in [-0.4, -0.2) is 4.92 Å². The van der Waals surface area contributed by atoms with Crippen molar-refractivity contribution in [3.8, 4) is 0 Å². The zero-order valence-corrected chi connectivity index (χ0v) is 11.9. The summed E-state index contributed by atoms with van der Waals surface area (Å²) in [6.45, 7) is 6.55. The van der Waals surface area contributed by atoms with Crippen molar-refractivity contribution < 1.29 is 4.92 Å². The molecule has 0 aliphatic carbocycles. The Labute approximate surface area is 118 Å². The van der Waals surface area contributed by atoms with E-state index in [4.69, 9.17) is 0 Å². The summed E-state index contributed by atoms with van der Waals surface area (Å²) in [5, 5.41) is 14.2. The standard InChI is InChI=1S/C16H18N2O2/c1-11-7-8-12(2)14(9-11)10-17-15-5-4-6-16(13(15)3)18(19)20/h4-9,17H,10H2,1-3H3. The van der Waals surface area contributed by atoms with Crippen LogP contribution in [0.4, 0.5) is 11.4 Å². The first kappa shape index (κ1) is 14.1. The lowest BCUT2D eigenvalue weighted by Gasteiger charge is -2.12. The quantitative estimate of drug-likeness (QED) is 0.671. The molecule has 2 rings (SSSR count). The molecule has 20 heavy (non-hydrogen) atoms. The van der Waals surface area contributed by atoms with E-state index >= 15 is 0 Å². The molecule has 104 valence electrons. The Morgan fingerprint density at radius 3 is 2.60 bits per heavy atom. The number of nitro groups is 1. The van der Waals surface area contributed by atoms with Gasteiger partial charge in [-0.05, 0) is 38.0 Å². The molecule has 0 amide bonds. The Bertz CT molecular complexity index is 651. The van der Waals surface area contributed by atoms with Crippen LogP contribution in [0.25, 0.3) is 0 Å². The highest BCUT2D eigenvalue weighted by Gasteiger charge is 2.12. The van der Waals surface area contributed by atoms with Gasteiger partial charge in [0.2, 0.25) is 0 Å². The predicted molar refractivity (Wildman–Crippen MR) is 81.1 cm³/mol. The van der Waals surface area contributed by atoms with E-state index in [1.165, 1.54) is 22.8 Å². The van der Waals surface area contributed by atoms with Crippen LogP contribution in [0, 0.1) is 30.9 Å². The number of benzene rings is 2. The van der Waals surface area contributed by atoms with Crippen molar-refractivity contribution in [1.29, 1.82) is 0 Å². The highest BCUT2D eigenvalue weighted by molar-refractivity contribution is 5.60. The number of rotatable bonds is 4. The Morgan fingerprint density at radius 1 is 1.15 bits per heavy atom. The van der Waals surface area contributed by atoms with Crippen molar-refractivity contribution in [3.63, 3.8) is 0 Å². The van der Waals surface area contributed by atoms with E-state index in [0.717, 1.165) is 5.69 Å². The van der Waals surface area contributed by atoms with Crippen molar-refractivity contribution in [1.82, 2.24) is 0 Å². The first-order chi connectivity index (χ1) is 9.49. The lowest BCUT2D eigenvalue weighted by atomic mass is 10.1. The molecule has 4 heteroatoms. The first-order valence-corrected chi connectivity index (χ1v) is 6.53. The molecule has 0 unspecified atom stereocenters. The molecule has 2 aromatic carbocycles. The molecule has 0 saturated carbocycles. The van der Waals surface area contributed by atoms with Crippen molar-refractivity contribution >= 4 is 11.4 Å². The fourth-order valence-electron chi connectivity index (χ4n) is 2.19. The van der Waals surface area contributed by atoms with Gasteiger partial charge >= 0.3 is 0 Å². The number of nitrogens with one attached hydrogen (secondary N) is 1. The zero-order chi connectivity index (χ0) is 14.7. The summed E-state index contributed by atoms with van der Waals surface area (Å²) in [5.74, 6) is 0. The normalized spacial score (nSPS) is 10.3. The largest absolute Gasteiger partial charge is 0.381 e. The number of nitro benzene ring substituents is 1. The molecule has 4 nitrogen and oxygen atoms in total. The first-order valence-electron chi connectivity index (χ1n) is 6.53. The van der Waals surface area contributed by atoms with Gasteiger partial charge in [-0.15, -0.1) is 0 Å². The average Bonchev–Trinajstić information content (AvgIpc) is 2.41. The second-order valence-electron chi connectivity index (χ2n) is 4.99. The maximum absolute atomic E-state index is 10.9. The molecule has 0 spiro atoms. The van der Waals surface area contributed by atoms with Crippen LogP contribution >= 0.6 is 0 Å². The molecule has 0 bridgehead atoms. The molecule has 0 aliphatic rings. The van der Waals surface area contributed by atoms with Gasteiger partial charge in [0.15, 0.2) is 0 Å². The van der Waals surface area contributed by atoms with Crippen molar-refractivity contribution in [3.05, 3.63) is 68.8 Å². The molecular weight excluding hydrogens is 252 g/mol. The molecule has 0 radical (unpaired) electrons. The van der Waals surface area contributed by atoms with Crippen LogP contribution in [-0.2, 0) is 6.54 Å².